The molecule has 0 aliphatic heterocycles. The van der Waals surface area contributed by atoms with E-state index in [-0.39, 0.29) is 6.04 Å². The maximum Gasteiger partial charge on any atom is 0.146 e. The minimum Gasteiger partial charge on any atom is -0.361 e. The van der Waals surface area contributed by atoms with Crippen molar-refractivity contribution in [3.8, 4) is 0 Å². The van der Waals surface area contributed by atoms with Crippen molar-refractivity contribution in [1.82, 2.24) is 5.16 Å². The summed E-state index contributed by atoms with van der Waals surface area (Å²) in [4.78, 5) is 1.21. The highest BCUT2D eigenvalue weighted by Crippen LogP contribution is 2.23. The van der Waals surface area contributed by atoms with Gasteiger partial charge in [-0.2, -0.15) is 0 Å². The Balaban J connectivity index is 1.95. The molecule has 2 aromatic rings. The zero-order valence-corrected chi connectivity index (χ0v) is 9.91. The van der Waals surface area contributed by atoms with Crippen LogP contribution < -0.4 is 5.73 Å². The van der Waals surface area contributed by atoms with Crippen LogP contribution in [0.2, 0.25) is 0 Å². The third-order valence-electron chi connectivity index (χ3n) is 2.28. The van der Waals surface area contributed by atoms with Crippen LogP contribution in [0.3, 0.4) is 0 Å². The van der Waals surface area contributed by atoms with Gasteiger partial charge < -0.3 is 10.3 Å². The van der Waals surface area contributed by atoms with Gasteiger partial charge in [-0.15, -0.1) is 11.8 Å². The number of benzene rings is 1. The fourth-order valence-electron chi connectivity index (χ4n) is 1.34. The van der Waals surface area contributed by atoms with E-state index in [1.807, 2.05) is 13.0 Å². The van der Waals surface area contributed by atoms with E-state index in [1.165, 1.54) is 4.90 Å². The SMILES string of the molecule is CC(N)c1ccc(SCc2ccno2)cc1. The quantitative estimate of drug-likeness (QED) is 0.826. The molecule has 1 unspecified atom stereocenters. The summed E-state index contributed by atoms with van der Waals surface area (Å²) >= 11 is 1.72. The molecule has 84 valence electrons. The lowest BCUT2D eigenvalue weighted by atomic mass is 10.1. The molecule has 1 heterocycles. The van der Waals surface area contributed by atoms with Crippen LogP contribution in [0, 0.1) is 0 Å². The predicted octanol–water partition coefficient (Wildman–Crippen LogP) is 2.99. The van der Waals surface area contributed by atoms with E-state index in [4.69, 9.17) is 10.3 Å². The second-order valence-electron chi connectivity index (χ2n) is 3.63. The Labute approximate surface area is 99.0 Å². The van der Waals surface area contributed by atoms with Gasteiger partial charge in [-0.3, -0.25) is 0 Å². The Bertz CT molecular complexity index is 423. The van der Waals surface area contributed by atoms with Crippen LogP contribution in [0.1, 0.15) is 24.3 Å². The Morgan fingerprint density at radius 3 is 2.62 bits per heavy atom. The molecule has 0 radical (unpaired) electrons. The zero-order valence-electron chi connectivity index (χ0n) is 9.09. The molecule has 1 aromatic carbocycles. The number of hydrogen-bond acceptors (Lipinski definition) is 4. The summed E-state index contributed by atoms with van der Waals surface area (Å²) in [6.45, 7) is 1.98. The Morgan fingerprint density at radius 1 is 1.31 bits per heavy atom. The van der Waals surface area contributed by atoms with E-state index >= 15 is 0 Å². The van der Waals surface area contributed by atoms with Crippen LogP contribution >= 0.6 is 11.8 Å². The van der Waals surface area contributed by atoms with Crippen molar-refractivity contribution < 1.29 is 4.52 Å². The summed E-state index contributed by atoms with van der Waals surface area (Å²) in [5.41, 5.74) is 6.94. The zero-order chi connectivity index (χ0) is 11.4. The monoisotopic (exact) mass is 234 g/mol. The smallest absolute Gasteiger partial charge is 0.146 e. The molecule has 0 spiro atoms. The maximum atomic E-state index is 5.78. The Kier molecular flexibility index (Phi) is 3.64. The Morgan fingerprint density at radius 2 is 2.06 bits per heavy atom. The topological polar surface area (TPSA) is 52.0 Å². The van der Waals surface area contributed by atoms with Crippen LogP contribution in [0.5, 0.6) is 0 Å². The van der Waals surface area contributed by atoms with Crippen molar-refractivity contribution in [1.29, 1.82) is 0 Å². The lowest BCUT2D eigenvalue weighted by Crippen LogP contribution is -2.04. The summed E-state index contributed by atoms with van der Waals surface area (Å²) in [6.07, 6.45) is 1.66. The molecular formula is C12H14N2OS. The first-order valence-electron chi connectivity index (χ1n) is 5.13. The van der Waals surface area contributed by atoms with Gasteiger partial charge in [0.1, 0.15) is 5.76 Å². The predicted molar refractivity (Wildman–Crippen MR) is 65.1 cm³/mol. The third kappa shape index (κ3) is 2.87. The second kappa shape index (κ2) is 5.18. The molecule has 4 heteroatoms. The standard InChI is InChI=1S/C12H14N2OS/c1-9(13)10-2-4-12(5-3-10)16-8-11-6-7-14-15-11/h2-7,9H,8,13H2,1H3. The second-order valence-corrected chi connectivity index (χ2v) is 4.67. The molecule has 2 N–H and O–H groups in total. The van der Waals surface area contributed by atoms with Crippen LogP contribution in [-0.2, 0) is 5.75 Å². The van der Waals surface area contributed by atoms with Gasteiger partial charge in [0, 0.05) is 17.0 Å². The summed E-state index contributed by atoms with van der Waals surface area (Å²) in [6, 6.07) is 10.3. The number of hydrogen-bond donors (Lipinski definition) is 1. The molecule has 0 saturated heterocycles. The highest BCUT2D eigenvalue weighted by molar-refractivity contribution is 7.98. The normalized spacial score (nSPS) is 12.6. The van der Waals surface area contributed by atoms with E-state index in [0.29, 0.717) is 0 Å². The molecule has 3 nitrogen and oxygen atoms in total. The van der Waals surface area contributed by atoms with E-state index in [9.17, 15) is 0 Å². The first kappa shape index (κ1) is 11.2. The lowest BCUT2D eigenvalue weighted by Gasteiger charge is -2.06. The molecular weight excluding hydrogens is 220 g/mol. The average Bonchev–Trinajstić information content (AvgIpc) is 2.80. The number of rotatable bonds is 4. The summed E-state index contributed by atoms with van der Waals surface area (Å²) < 4.78 is 5.03. The fourth-order valence-corrected chi connectivity index (χ4v) is 2.13. The summed E-state index contributed by atoms with van der Waals surface area (Å²) in [5, 5.41) is 3.67. The van der Waals surface area contributed by atoms with Crippen LogP contribution in [0.4, 0.5) is 0 Å². The number of nitrogens with zero attached hydrogens (tertiary/aromatic N) is 1. The van der Waals surface area contributed by atoms with Gasteiger partial charge in [0.15, 0.2) is 0 Å². The molecule has 0 amide bonds. The first-order chi connectivity index (χ1) is 7.75. The number of aromatic nitrogens is 1. The largest absolute Gasteiger partial charge is 0.361 e. The van der Waals surface area contributed by atoms with E-state index < -0.39 is 0 Å². The summed E-state index contributed by atoms with van der Waals surface area (Å²) in [7, 11) is 0. The molecule has 0 saturated carbocycles. The molecule has 0 aliphatic rings. The molecule has 0 aliphatic carbocycles. The molecule has 2 rings (SSSR count). The van der Waals surface area contributed by atoms with Crippen molar-refractivity contribution in [2.75, 3.05) is 0 Å². The fraction of sp³-hybridized carbons (Fsp3) is 0.250. The van der Waals surface area contributed by atoms with Gasteiger partial charge in [-0.1, -0.05) is 17.3 Å². The van der Waals surface area contributed by atoms with Crippen LogP contribution in [0.15, 0.2) is 45.9 Å². The summed E-state index contributed by atoms with van der Waals surface area (Å²) in [5.74, 6) is 1.69. The van der Waals surface area contributed by atoms with Crippen LogP contribution in [0.25, 0.3) is 0 Å². The molecule has 16 heavy (non-hydrogen) atoms. The molecule has 0 bridgehead atoms. The highest BCUT2D eigenvalue weighted by atomic mass is 32.2. The van der Waals surface area contributed by atoms with Crippen molar-refractivity contribution in [2.45, 2.75) is 23.6 Å². The van der Waals surface area contributed by atoms with Crippen molar-refractivity contribution >= 4 is 11.8 Å². The van der Waals surface area contributed by atoms with Gasteiger partial charge in [0.2, 0.25) is 0 Å². The first-order valence-corrected chi connectivity index (χ1v) is 6.12. The Hall–Kier alpha value is -1.26. The minimum absolute atomic E-state index is 0.0910. The van der Waals surface area contributed by atoms with Gasteiger partial charge >= 0.3 is 0 Å². The van der Waals surface area contributed by atoms with Gasteiger partial charge in [0.05, 0.1) is 11.9 Å². The van der Waals surface area contributed by atoms with E-state index in [2.05, 4.69) is 29.4 Å². The highest BCUT2D eigenvalue weighted by Gasteiger charge is 2.01. The van der Waals surface area contributed by atoms with Crippen LogP contribution in [-0.4, -0.2) is 5.16 Å². The van der Waals surface area contributed by atoms with Crippen molar-refractivity contribution in [2.24, 2.45) is 5.73 Å². The molecule has 1 atom stereocenters. The number of nitrogens with two attached hydrogens (primary N) is 1. The van der Waals surface area contributed by atoms with Crippen molar-refractivity contribution in [3.05, 3.63) is 47.9 Å². The van der Waals surface area contributed by atoms with E-state index in [1.54, 1.807) is 18.0 Å². The van der Waals surface area contributed by atoms with Gasteiger partial charge in [-0.05, 0) is 24.6 Å². The molecule has 1 aromatic heterocycles. The van der Waals surface area contributed by atoms with Gasteiger partial charge in [-0.25, -0.2) is 0 Å². The minimum atomic E-state index is 0.0910. The number of thioether (sulfide) groups is 1. The third-order valence-corrected chi connectivity index (χ3v) is 3.31. The lowest BCUT2D eigenvalue weighted by molar-refractivity contribution is 0.395. The van der Waals surface area contributed by atoms with Gasteiger partial charge in [0.25, 0.3) is 0 Å². The van der Waals surface area contributed by atoms with E-state index in [0.717, 1.165) is 17.1 Å². The maximum absolute atomic E-state index is 5.78. The van der Waals surface area contributed by atoms with Crippen molar-refractivity contribution in [3.63, 3.8) is 0 Å². The molecule has 0 fully saturated rings. The average molecular weight is 234 g/mol.